The Kier molecular flexibility index (Phi) is 6.38. The van der Waals surface area contributed by atoms with Gasteiger partial charge in [-0.2, -0.15) is 0 Å². The first-order valence-electron chi connectivity index (χ1n) is 4.11. The molecule has 1 N–H and O–H groups in total. The van der Waals surface area contributed by atoms with Crippen molar-refractivity contribution in [1.29, 1.82) is 0 Å². The van der Waals surface area contributed by atoms with Crippen LogP contribution >= 0.6 is 0 Å². The summed E-state index contributed by atoms with van der Waals surface area (Å²) in [7, 11) is 1.39. The van der Waals surface area contributed by atoms with Gasteiger partial charge < -0.3 is 10.1 Å². The van der Waals surface area contributed by atoms with Gasteiger partial charge in [-0.1, -0.05) is 6.08 Å². The van der Waals surface area contributed by atoms with Crippen molar-refractivity contribution < 1.29 is 9.53 Å². The molecule has 3 nitrogen and oxygen atoms in total. The quantitative estimate of drug-likeness (QED) is 0.480. The molecule has 0 saturated carbocycles. The number of hydrogen-bond donors (Lipinski definition) is 1. The zero-order valence-electron chi connectivity index (χ0n) is 7.80. The van der Waals surface area contributed by atoms with Crippen LogP contribution in [-0.4, -0.2) is 25.7 Å². The fourth-order valence-corrected chi connectivity index (χ4v) is 0.800. The maximum atomic E-state index is 10.7. The van der Waals surface area contributed by atoms with Crippen molar-refractivity contribution >= 4 is 5.97 Å². The van der Waals surface area contributed by atoms with E-state index < -0.39 is 0 Å². The molecule has 3 heteroatoms. The minimum atomic E-state index is -0.222. The second-order valence-electron chi connectivity index (χ2n) is 2.72. The average molecular weight is 171 g/mol. The molecule has 0 aliphatic rings. The lowest BCUT2D eigenvalue weighted by Crippen LogP contribution is -2.31. The molecule has 0 bridgehead atoms. The molecule has 0 aromatic heterocycles. The van der Waals surface area contributed by atoms with E-state index >= 15 is 0 Å². The maximum Gasteiger partial charge on any atom is 0.319 e. The first kappa shape index (κ1) is 11.2. The molecule has 0 aliphatic heterocycles. The predicted molar refractivity (Wildman–Crippen MR) is 48.9 cm³/mol. The molecule has 0 heterocycles. The van der Waals surface area contributed by atoms with Gasteiger partial charge in [0.15, 0.2) is 0 Å². The first-order chi connectivity index (χ1) is 5.70. The molecule has 0 aromatic carbocycles. The molecular weight excluding hydrogens is 154 g/mol. The summed E-state index contributed by atoms with van der Waals surface area (Å²) in [6.07, 6.45) is 3.84. The van der Waals surface area contributed by atoms with E-state index in [1.54, 1.807) is 0 Å². The molecule has 0 spiro atoms. The van der Waals surface area contributed by atoms with Crippen LogP contribution in [0.15, 0.2) is 12.7 Å². The van der Waals surface area contributed by atoms with Gasteiger partial charge in [-0.15, -0.1) is 6.58 Å². The molecule has 0 aromatic rings. The summed E-state index contributed by atoms with van der Waals surface area (Å²) < 4.78 is 4.48. The Morgan fingerprint density at radius 1 is 1.75 bits per heavy atom. The van der Waals surface area contributed by atoms with E-state index in [1.165, 1.54) is 7.11 Å². The third-order valence-electron chi connectivity index (χ3n) is 1.63. The van der Waals surface area contributed by atoms with Crippen LogP contribution in [0, 0.1) is 0 Å². The largest absolute Gasteiger partial charge is 0.468 e. The normalized spacial score (nSPS) is 12.2. The minimum Gasteiger partial charge on any atom is -0.468 e. The highest BCUT2D eigenvalue weighted by molar-refractivity contribution is 5.71. The molecule has 0 saturated heterocycles. The smallest absolute Gasteiger partial charge is 0.319 e. The highest BCUT2D eigenvalue weighted by Gasteiger charge is 2.03. The van der Waals surface area contributed by atoms with E-state index in [9.17, 15) is 4.79 Å². The van der Waals surface area contributed by atoms with Crippen LogP contribution in [-0.2, 0) is 9.53 Å². The summed E-state index contributed by atoms with van der Waals surface area (Å²) in [5.74, 6) is -0.222. The molecule has 12 heavy (non-hydrogen) atoms. The van der Waals surface area contributed by atoms with Crippen LogP contribution in [0.2, 0.25) is 0 Å². The van der Waals surface area contributed by atoms with Gasteiger partial charge in [0.1, 0.15) is 0 Å². The Hall–Kier alpha value is -0.830. The number of carbonyl (C=O) groups excluding carboxylic acids is 1. The van der Waals surface area contributed by atoms with Gasteiger partial charge in [0, 0.05) is 6.04 Å². The third-order valence-corrected chi connectivity index (χ3v) is 1.63. The van der Waals surface area contributed by atoms with Gasteiger partial charge in [-0.25, -0.2) is 0 Å². The van der Waals surface area contributed by atoms with Gasteiger partial charge in [-0.05, 0) is 19.8 Å². The molecule has 70 valence electrons. The highest BCUT2D eigenvalue weighted by Crippen LogP contribution is 1.95. The van der Waals surface area contributed by atoms with Crippen molar-refractivity contribution in [2.45, 2.75) is 25.8 Å². The Balaban J connectivity index is 3.36. The molecule has 0 radical (unpaired) electrons. The number of esters is 1. The maximum absolute atomic E-state index is 10.7. The lowest BCUT2D eigenvalue weighted by Gasteiger charge is -2.10. The molecule has 1 atom stereocenters. The Morgan fingerprint density at radius 3 is 2.92 bits per heavy atom. The summed E-state index contributed by atoms with van der Waals surface area (Å²) in [6.45, 7) is 5.95. The third kappa shape index (κ3) is 5.92. The zero-order valence-corrected chi connectivity index (χ0v) is 7.80. The summed E-state index contributed by atoms with van der Waals surface area (Å²) in [4.78, 5) is 10.7. The first-order valence-corrected chi connectivity index (χ1v) is 4.11. The molecule has 1 unspecified atom stereocenters. The predicted octanol–water partition coefficient (Wildman–Crippen LogP) is 1.10. The van der Waals surface area contributed by atoms with Gasteiger partial charge >= 0.3 is 5.97 Å². The van der Waals surface area contributed by atoms with E-state index in [-0.39, 0.29) is 12.5 Å². The Labute approximate surface area is 73.8 Å². The molecule has 0 fully saturated rings. The molecule has 0 amide bonds. The van der Waals surface area contributed by atoms with Crippen molar-refractivity contribution in [3.63, 3.8) is 0 Å². The van der Waals surface area contributed by atoms with Gasteiger partial charge in [0.25, 0.3) is 0 Å². The van der Waals surface area contributed by atoms with E-state index in [4.69, 9.17) is 0 Å². The van der Waals surface area contributed by atoms with Crippen LogP contribution in [0.3, 0.4) is 0 Å². The number of hydrogen-bond acceptors (Lipinski definition) is 3. The number of ether oxygens (including phenoxy) is 1. The van der Waals surface area contributed by atoms with Crippen molar-refractivity contribution in [3.8, 4) is 0 Å². The second-order valence-corrected chi connectivity index (χ2v) is 2.72. The summed E-state index contributed by atoms with van der Waals surface area (Å²) >= 11 is 0. The fraction of sp³-hybridized carbons (Fsp3) is 0.667. The van der Waals surface area contributed by atoms with Crippen LogP contribution < -0.4 is 5.32 Å². The zero-order chi connectivity index (χ0) is 9.40. The lowest BCUT2D eigenvalue weighted by atomic mass is 10.2. The van der Waals surface area contributed by atoms with Crippen molar-refractivity contribution in [1.82, 2.24) is 5.32 Å². The van der Waals surface area contributed by atoms with E-state index in [0.29, 0.717) is 6.04 Å². The average Bonchev–Trinajstić information content (AvgIpc) is 2.10. The second kappa shape index (κ2) is 6.85. The van der Waals surface area contributed by atoms with Crippen molar-refractivity contribution in [2.75, 3.05) is 13.7 Å². The van der Waals surface area contributed by atoms with Crippen LogP contribution in [0.5, 0.6) is 0 Å². The topological polar surface area (TPSA) is 38.3 Å². The fourth-order valence-electron chi connectivity index (χ4n) is 0.800. The number of methoxy groups -OCH3 is 1. The molecule has 0 aliphatic carbocycles. The highest BCUT2D eigenvalue weighted by atomic mass is 16.5. The minimum absolute atomic E-state index is 0.222. The van der Waals surface area contributed by atoms with Gasteiger partial charge in [-0.3, -0.25) is 4.79 Å². The lowest BCUT2D eigenvalue weighted by molar-refractivity contribution is -0.139. The Bertz CT molecular complexity index is 145. The van der Waals surface area contributed by atoms with Crippen molar-refractivity contribution in [3.05, 3.63) is 12.7 Å². The van der Waals surface area contributed by atoms with Crippen molar-refractivity contribution in [2.24, 2.45) is 0 Å². The summed E-state index contributed by atoms with van der Waals surface area (Å²) in [6, 6.07) is 0.335. The van der Waals surface area contributed by atoms with E-state index in [2.05, 4.69) is 16.6 Å². The summed E-state index contributed by atoms with van der Waals surface area (Å²) in [5.41, 5.74) is 0. The number of allylic oxidation sites excluding steroid dienone is 1. The number of rotatable bonds is 6. The summed E-state index contributed by atoms with van der Waals surface area (Å²) in [5, 5.41) is 3.05. The molecular formula is C9H17NO2. The van der Waals surface area contributed by atoms with Gasteiger partial charge in [0.05, 0.1) is 13.7 Å². The van der Waals surface area contributed by atoms with E-state index in [0.717, 1.165) is 12.8 Å². The van der Waals surface area contributed by atoms with Crippen LogP contribution in [0.1, 0.15) is 19.8 Å². The molecule has 0 rings (SSSR count). The van der Waals surface area contributed by atoms with Gasteiger partial charge in [0.2, 0.25) is 0 Å². The SMILES string of the molecule is C=CCCC(C)NCC(=O)OC. The van der Waals surface area contributed by atoms with Crippen LogP contribution in [0.25, 0.3) is 0 Å². The Morgan fingerprint density at radius 2 is 2.42 bits per heavy atom. The standard InChI is InChI=1S/C9H17NO2/c1-4-5-6-8(2)10-7-9(11)12-3/h4,8,10H,1,5-7H2,2-3H3. The number of nitrogens with one attached hydrogen (secondary N) is 1. The number of carbonyl (C=O) groups is 1. The van der Waals surface area contributed by atoms with Crippen LogP contribution in [0.4, 0.5) is 0 Å². The van der Waals surface area contributed by atoms with E-state index in [1.807, 2.05) is 13.0 Å². The monoisotopic (exact) mass is 171 g/mol.